The van der Waals surface area contributed by atoms with E-state index in [0.717, 1.165) is 24.0 Å². The van der Waals surface area contributed by atoms with Gasteiger partial charge in [0.1, 0.15) is 5.75 Å². The van der Waals surface area contributed by atoms with Crippen molar-refractivity contribution in [1.29, 1.82) is 0 Å². The fourth-order valence-electron chi connectivity index (χ4n) is 1.94. The minimum Gasteiger partial charge on any atom is -0.497 e. The van der Waals surface area contributed by atoms with Crippen LogP contribution in [0.15, 0.2) is 24.3 Å². The molecule has 0 spiro atoms. The molecule has 2 heteroatoms. The van der Waals surface area contributed by atoms with Crippen LogP contribution in [0.2, 0.25) is 0 Å². The molecule has 0 radical (unpaired) electrons. The zero-order valence-corrected chi connectivity index (χ0v) is 11.8. The van der Waals surface area contributed by atoms with Crippen molar-refractivity contribution in [1.82, 2.24) is 0 Å². The van der Waals surface area contributed by atoms with Crippen LogP contribution < -0.4 is 4.74 Å². The number of methoxy groups -OCH3 is 1. The van der Waals surface area contributed by atoms with Crippen LogP contribution in [0, 0.1) is 11.8 Å². The van der Waals surface area contributed by atoms with Crippen molar-refractivity contribution < 1.29 is 4.74 Å². The van der Waals surface area contributed by atoms with E-state index in [1.165, 1.54) is 18.4 Å². The van der Waals surface area contributed by atoms with Crippen molar-refractivity contribution in [3.63, 3.8) is 0 Å². The number of hydrogen-bond donors (Lipinski definition) is 0. The summed E-state index contributed by atoms with van der Waals surface area (Å²) >= 11 is 6.04. The molecule has 0 bridgehead atoms. The van der Waals surface area contributed by atoms with Gasteiger partial charge in [0.05, 0.1) is 7.11 Å². The molecule has 0 aliphatic carbocycles. The molecule has 1 aromatic rings. The molecule has 0 aliphatic heterocycles. The lowest BCUT2D eigenvalue weighted by Crippen LogP contribution is -2.08. The van der Waals surface area contributed by atoms with Crippen molar-refractivity contribution >= 4 is 11.6 Å². The Morgan fingerprint density at radius 2 is 2.00 bits per heavy atom. The van der Waals surface area contributed by atoms with Crippen molar-refractivity contribution in [2.24, 2.45) is 11.8 Å². The largest absolute Gasteiger partial charge is 0.497 e. The Labute approximate surface area is 110 Å². The molecule has 0 N–H and O–H groups in total. The van der Waals surface area contributed by atoms with Gasteiger partial charge >= 0.3 is 0 Å². The molecule has 17 heavy (non-hydrogen) atoms. The van der Waals surface area contributed by atoms with E-state index < -0.39 is 0 Å². The maximum absolute atomic E-state index is 6.04. The first-order chi connectivity index (χ1) is 8.15. The summed E-state index contributed by atoms with van der Waals surface area (Å²) in [5.41, 5.74) is 1.32. The van der Waals surface area contributed by atoms with Crippen LogP contribution in [0.4, 0.5) is 0 Å². The summed E-state index contributed by atoms with van der Waals surface area (Å²) in [4.78, 5) is 0. The highest BCUT2D eigenvalue weighted by Crippen LogP contribution is 2.21. The second-order valence-corrected chi connectivity index (χ2v) is 5.36. The van der Waals surface area contributed by atoms with Gasteiger partial charge in [0, 0.05) is 5.88 Å². The second-order valence-electron chi connectivity index (χ2n) is 5.05. The summed E-state index contributed by atoms with van der Waals surface area (Å²) in [6.45, 7) is 4.52. The lowest BCUT2D eigenvalue weighted by molar-refractivity contribution is 0.412. The summed E-state index contributed by atoms with van der Waals surface area (Å²) < 4.78 is 5.24. The lowest BCUT2D eigenvalue weighted by Gasteiger charge is -2.15. The molecular weight excluding hydrogens is 232 g/mol. The van der Waals surface area contributed by atoms with Crippen molar-refractivity contribution in [3.8, 4) is 5.75 Å². The molecule has 0 aliphatic rings. The fourth-order valence-corrected chi connectivity index (χ4v) is 2.20. The summed E-state index contributed by atoms with van der Waals surface area (Å²) in [5.74, 6) is 3.00. The summed E-state index contributed by atoms with van der Waals surface area (Å²) in [7, 11) is 1.71. The maximum atomic E-state index is 6.04. The van der Waals surface area contributed by atoms with Crippen LogP contribution in [0.25, 0.3) is 0 Å². The molecule has 1 aromatic carbocycles. The Morgan fingerprint density at radius 1 is 1.24 bits per heavy atom. The van der Waals surface area contributed by atoms with Gasteiger partial charge in [0.25, 0.3) is 0 Å². The Kier molecular flexibility index (Phi) is 6.43. The highest BCUT2D eigenvalue weighted by Gasteiger charge is 2.10. The van der Waals surface area contributed by atoms with E-state index in [-0.39, 0.29) is 0 Å². The normalized spacial score (nSPS) is 12.8. The highest BCUT2D eigenvalue weighted by molar-refractivity contribution is 6.18. The summed E-state index contributed by atoms with van der Waals surface area (Å²) in [6.07, 6.45) is 3.51. The van der Waals surface area contributed by atoms with E-state index in [0.29, 0.717) is 5.92 Å². The van der Waals surface area contributed by atoms with Crippen LogP contribution in [0.1, 0.15) is 32.3 Å². The molecular formula is C15H23ClO. The van der Waals surface area contributed by atoms with Gasteiger partial charge in [0.15, 0.2) is 0 Å². The van der Waals surface area contributed by atoms with Crippen molar-refractivity contribution in [2.45, 2.75) is 33.1 Å². The minimum atomic E-state index is 0.575. The second kappa shape index (κ2) is 7.60. The average Bonchev–Trinajstić information content (AvgIpc) is 2.34. The average molecular weight is 255 g/mol. The molecule has 96 valence electrons. The predicted octanol–water partition coefficient (Wildman–Crippen LogP) is 4.53. The van der Waals surface area contributed by atoms with E-state index in [1.54, 1.807) is 7.11 Å². The van der Waals surface area contributed by atoms with Crippen LogP contribution in [-0.2, 0) is 6.42 Å². The topological polar surface area (TPSA) is 9.23 Å². The third-order valence-electron chi connectivity index (χ3n) is 3.03. The molecule has 0 amide bonds. The van der Waals surface area contributed by atoms with Gasteiger partial charge in [-0.3, -0.25) is 0 Å². The molecule has 1 unspecified atom stereocenters. The summed E-state index contributed by atoms with van der Waals surface area (Å²) in [6, 6.07) is 8.28. The number of halogens is 1. The number of rotatable bonds is 7. The quantitative estimate of drug-likeness (QED) is 0.650. The van der Waals surface area contributed by atoms with E-state index in [4.69, 9.17) is 16.3 Å². The molecule has 0 aromatic heterocycles. The van der Waals surface area contributed by atoms with Gasteiger partial charge in [-0.2, -0.15) is 0 Å². The molecule has 0 fully saturated rings. The first-order valence-electron chi connectivity index (χ1n) is 6.34. The minimum absolute atomic E-state index is 0.575. The summed E-state index contributed by atoms with van der Waals surface area (Å²) in [5, 5.41) is 0. The molecule has 1 rings (SSSR count). The SMILES string of the molecule is COc1cccc(CC(CCl)CCC(C)C)c1. The third kappa shape index (κ3) is 5.45. The standard InChI is InChI=1S/C15H23ClO/c1-12(2)7-8-14(11-16)9-13-5-4-6-15(10-13)17-3/h4-6,10,12,14H,7-9,11H2,1-3H3. The Morgan fingerprint density at radius 3 is 2.59 bits per heavy atom. The lowest BCUT2D eigenvalue weighted by atomic mass is 9.93. The Balaban J connectivity index is 2.54. The van der Waals surface area contributed by atoms with Gasteiger partial charge in [-0.1, -0.05) is 32.4 Å². The molecule has 0 heterocycles. The smallest absolute Gasteiger partial charge is 0.119 e. The highest BCUT2D eigenvalue weighted by atomic mass is 35.5. The monoisotopic (exact) mass is 254 g/mol. The van der Waals surface area contributed by atoms with Crippen molar-refractivity contribution in [2.75, 3.05) is 13.0 Å². The Hall–Kier alpha value is -0.690. The number of hydrogen-bond acceptors (Lipinski definition) is 1. The number of alkyl halides is 1. The van der Waals surface area contributed by atoms with Crippen LogP contribution in [0.5, 0.6) is 5.75 Å². The van der Waals surface area contributed by atoms with Gasteiger partial charge < -0.3 is 4.74 Å². The van der Waals surface area contributed by atoms with E-state index >= 15 is 0 Å². The Bertz CT molecular complexity index is 322. The first-order valence-corrected chi connectivity index (χ1v) is 6.88. The van der Waals surface area contributed by atoms with Gasteiger partial charge in [-0.05, 0) is 42.4 Å². The molecule has 1 nitrogen and oxygen atoms in total. The van der Waals surface area contributed by atoms with E-state index in [9.17, 15) is 0 Å². The molecule has 0 saturated carbocycles. The van der Waals surface area contributed by atoms with Crippen LogP contribution >= 0.6 is 11.6 Å². The fraction of sp³-hybridized carbons (Fsp3) is 0.600. The molecule has 0 saturated heterocycles. The van der Waals surface area contributed by atoms with E-state index in [1.807, 2.05) is 12.1 Å². The van der Waals surface area contributed by atoms with E-state index in [2.05, 4.69) is 26.0 Å². The first kappa shape index (κ1) is 14.4. The van der Waals surface area contributed by atoms with Gasteiger partial charge in [-0.15, -0.1) is 11.6 Å². The molecule has 1 atom stereocenters. The maximum Gasteiger partial charge on any atom is 0.119 e. The number of benzene rings is 1. The van der Waals surface area contributed by atoms with Gasteiger partial charge in [-0.25, -0.2) is 0 Å². The number of ether oxygens (including phenoxy) is 1. The van der Waals surface area contributed by atoms with Crippen molar-refractivity contribution in [3.05, 3.63) is 29.8 Å². The zero-order chi connectivity index (χ0) is 12.7. The zero-order valence-electron chi connectivity index (χ0n) is 11.1. The third-order valence-corrected chi connectivity index (χ3v) is 3.47. The predicted molar refractivity (Wildman–Crippen MR) is 75.0 cm³/mol. The van der Waals surface area contributed by atoms with Gasteiger partial charge in [0.2, 0.25) is 0 Å². The van der Waals surface area contributed by atoms with Crippen LogP contribution in [0.3, 0.4) is 0 Å². The van der Waals surface area contributed by atoms with Crippen LogP contribution in [-0.4, -0.2) is 13.0 Å².